The molecule has 0 spiro atoms. The fourth-order valence-corrected chi connectivity index (χ4v) is 2.40. The molecule has 0 bridgehead atoms. The van der Waals surface area contributed by atoms with Crippen LogP contribution in [-0.4, -0.2) is 4.57 Å². The molecule has 3 rings (SSSR count). The van der Waals surface area contributed by atoms with Gasteiger partial charge in [-0.25, -0.2) is 0 Å². The van der Waals surface area contributed by atoms with Crippen molar-refractivity contribution in [2.24, 2.45) is 7.05 Å². The fourth-order valence-electron chi connectivity index (χ4n) is 2.40. The molecule has 0 amide bonds. The normalized spacial score (nSPS) is 10.7. The van der Waals surface area contributed by atoms with E-state index >= 15 is 0 Å². The standard InChI is InChI=1S/C17H17N3/c1-20-16(12-2-6-14(18)7-3-12)10-11-17(20)13-4-8-15(19)9-5-13/h2-11H,18-19H2,1H3. The van der Waals surface area contributed by atoms with Gasteiger partial charge in [-0.05, 0) is 47.5 Å². The van der Waals surface area contributed by atoms with Crippen LogP contribution >= 0.6 is 0 Å². The lowest BCUT2D eigenvalue weighted by Gasteiger charge is -2.09. The maximum absolute atomic E-state index is 5.73. The van der Waals surface area contributed by atoms with Crippen LogP contribution in [0.25, 0.3) is 22.5 Å². The van der Waals surface area contributed by atoms with E-state index in [0.29, 0.717) is 0 Å². The lowest BCUT2D eigenvalue weighted by Crippen LogP contribution is -1.95. The summed E-state index contributed by atoms with van der Waals surface area (Å²) in [5, 5.41) is 0. The van der Waals surface area contributed by atoms with Gasteiger partial charge in [0.25, 0.3) is 0 Å². The lowest BCUT2D eigenvalue weighted by atomic mass is 10.1. The number of nitrogens with zero attached hydrogens (tertiary/aromatic N) is 1. The minimum atomic E-state index is 0.779. The van der Waals surface area contributed by atoms with Crippen molar-refractivity contribution in [3.8, 4) is 22.5 Å². The number of nitrogen functional groups attached to an aromatic ring is 2. The van der Waals surface area contributed by atoms with Crippen molar-refractivity contribution in [1.29, 1.82) is 0 Å². The Morgan fingerprint density at radius 2 is 0.950 bits per heavy atom. The Hall–Kier alpha value is -2.68. The van der Waals surface area contributed by atoms with Crippen molar-refractivity contribution >= 4 is 11.4 Å². The Balaban J connectivity index is 2.04. The van der Waals surface area contributed by atoms with Crippen LogP contribution in [0.3, 0.4) is 0 Å². The zero-order valence-corrected chi connectivity index (χ0v) is 11.4. The van der Waals surface area contributed by atoms with E-state index in [-0.39, 0.29) is 0 Å². The quantitative estimate of drug-likeness (QED) is 0.695. The van der Waals surface area contributed by atoms with Crippen molar-refractivity contribution in [3.05, 3.63) is 60.7 Å². The molecule has 3 heteroatoms. The Morgan fingerprint density at radius 1 is 0.600 bits per heavy atom. The molecule has 20 heavy (non-hydrogen) atoms. The molecule has 100 valence electrons. The first-order valence-electron chi connectivity index (χ1n) is 6.53. The van der Waals surface area contributed by atoms with E-state index in [4.69, 9.17) is 11.5 Å². The number of hydrogen-bond donors (Lipinski definition) is 2. The van der Waals surface area contributed by atoms with Crippen LogP contribution in [-0.2, 0) is 7.05 Å². The van der Waals surface area contributed by atoms with Crippen LogP contribution in [0.2, 0.25) is 0 Å². The Kier molecular flexibility index (Phi) is 2.95. The third kappa shape index (κ3) is 2.14. The summed E-state index contributed by atoms with van der Waals surface area (Å²) >= 11 is 0. The van der Waals surface area contributed by atoms with Gasteiger partial charge < -0.3 is 16.0 Å². The molecule has 0 aliphatic heterocycles. The van der Waals surface area contributed by atoms with E-state index in [9.17, 15) is 0 Å². The Bertz CT molecular complexity index is 659. The van der Waals surface area contributed by atoms with Gasteiger partial charge in [0, 0.05) is 29.8 Å². The molecule has 4 N–H and O–H groups in total. The van der Waals surface area contributed by atoms with Crippen molar-refractivity contribution in [1.82, 2.24) is 4.57 Å². The van der Waals surface area contributed by atoms with Gasteiger partial charge in [-0.3, -0.25) is 0 Å². The van der Waals surface area contributed by atoms with E-state index < -0.39 is 0 Å². The second-order valence-corrected chi connectivity index (χ2v) is 4.91. The predicted molar refractivity (Wildman–Crippen MR) is 85.1 cm³/mol. The SMILES string of the molecule is Cn1c(-c2ccc(N)cc2)ccc1-c1ccc(N)cc1. The van der Waals surface area contributed by atoms with Gasteiger partial charge in [-0.1, -0.05) is 24.3 Å². The highest BCUT2D eigenvalue weighted by molar-refractivity contribution is 5.71. The third-order valence-corrected chi connectivity index (χ3v) is 3.53. The van der Waals surface area contributed by atoms with Gasteiger partial charge in [-0.2, -0.15) is 0 Å². The van der Waals surface area contributed by atoms with Gasteiger partial charge >= 0.3 is 0 Å². The lowest BCUT2D eigenvalue weighted by molar-refractivity contribution is 0.946. The van der Waals surface area contributed by atoms with Gasteiger partial charge in [0.2, 0.25) is 0 Å². The molecular formula is C17H17N3. The van der Waals surface area contributed by atoms with E-state index in [1.165, 1.54) is 0 Å². The summed E-state index contributed by atoms with van der Waals surface area (Å²) in [4.78, 5) is 0. The van der Waals surface area contributed by atoms with E-state index in [1.54, 1.807) is 0 Å². The third-order valence-electron chi connectivity index (χ3n) is 3.53. The summed E-state index contributed by atoms with van der Waals surface area (Å²) in [5.74, 6) is 0. The maximum atomic E-state index is 5.73. The van der Waals surface area contributed by atoms with E-state index in [2.05, 4.69) is 23.7 Å². The average Bonchev–Trinajstić information content (AvgIpc) is 2.83. The van der Waals surface area contributed by atoms with E-state index in [0.717, 1.165) is 33.9 Å². The van der Waals surface area contributed by atoms with Crippen LogP contribution in [0.15, 0.2) is 60.7 Å². The summed E-state index contributed by atoms with van der Waals surface area (Å²) in [6, 6.07) is 20.1. The summed E-state index contributed by atoms with van der Waals surface area (Å²) < 4.78 is 2.18. The van der Waals surface area contributed by atoms with Crippen LogP contribution in [0.4, 0.5) is 11.4 Å². The van der Waals surface area contributed by atoms with Crippen LogP contribution < -0.4 is 11.5 Å². The van der Waals surface area contributed by atoms with Gasteiger partial charge in [0.1, 0.15) is 0 Å². The highest BCUT2D eigenvalue weighted by Gasteiger charge is 2.08. The number of benzene rings is 2. The van der Waals surface area contributed by atoms with Gasteiger partial charge in [0.15, 0.2) is 0 Å². The molecule has 0 unspecified atom stereocenters. The number of aromatic nitrogens is 1. The second-order valence-electron chi connectivity index (χ2n) is 4.91. The highest BCUT2D eigenvalue weighted by atomic mass is 15.0. The molecule has 1 aromatic heterocycles. The fraction of sp³-hybridized carbons (Fsp3) is 0.0588. The Morgan fingerprint density at radius 3 is 1.30 bits per heavy atom. The highest BCUT2D eigenvalue weighted by Crippen LogP contribution is 2.28. The smallest absolute Gasteiger partial charge is 0.0482 e. The predicted octanol–water partition coefficient (Wildman–Crippen LogP) is 3.52. The number of anilines is 2. The van der Waals surface area contributed by atoms with Crippen molar-refractivity contribution in [3.63, 3.8) is 0 Å². The monoisotopic (exact) mass is 263 g/mol. The molecular weight excluding hydrogens is 246 g/mol. The minimum Gasteiger partial charge on any atom is -0.399 e. The molecule has 0 aliphatic rings. The van der Waals surface area contributed by atoms with Crippen molar-refractivity contribution in [2.45, 2.75) is 0 Å². The first kappa shape index (κ1) is 12.4. The number of nitrogens with two attached hydrogens (primary N) is 2. The number of rotatable bonds is 2. The topological polar surface area (TPSA) is 57.0 Å². The van der Waals surface area contributed by atoms with Crippen LogP contribution in [0, 0.1) is 0 Å². The molecule has 0 fully saturated rings. The minimum absolute atomic E-state index is 0.779. The Labute approximate surface area is 118 Å². The first-order valence-corrected chi connectivity index (χ1v) is 6.53. The largest absolute Gasteiger partial charge is 0.399 e. The van der Waals surface area contributed by atoms with Gasteiger partial charge in [0.05, 0.1) is 0 Å². The van der Waals surface area contributed by atoms with Crippen LogP contribution in [0.1, 0.15) is 0 Å². The molecule has 3 aromatic rings. The summed E-state index contributed by atoms with van der Waals surface area (Å²) in [6.45, 7) is 0. The molecule has 1 heterocycles. The molecule has 0 aliphatic carbocycles. The molecule has 0 radical (unpaired) electrons. The molecule has 0 saturated heterocycles. The summed E-state index contributed by atoms with van der Waals surface area (Å²) in [6.07, 6.45) is 0. The molecule has 0 atom stereocenters. The molecule has 2 aromatic carbocycles. The average molecular weight is 263 g/mol. The first-order chi connectivity index (χ1) is 9.65. The molecule has 0 saturated carbocycles. The van der Waals surface area contributed by atoms with E-state index in [1.807, 2.05) is 48.5 Å². The van der Waals surface area contributed by atoms with Gasteiger partial charge in [-0.15, -0.1) is 0 Å². The van der Waals surface area contributed by atoms with Crippen LogP contribution in [0.5, 0.6) is 0 Å². The summed E-state index contributed by atoms with van der Waals surface area (Å²) in [7, 11) is 2.07. The summed E-state index contributed by atoms with van der Waals surface area (Å²) in [5.41, 5.74) is 17.7. The van der Waals surface area contributed by atoms with Crippen molar-refractivity contribution in [2.75, 3.05) is 11.5 Å². The molecule has 3 nitrogen and oxygen atoms in total. The zero-order chi connectivity index (χ0) is 14.1. The maximum Gasteiger partial charge on any atom is 0.0482 e. The number of hydrogen-bond acceptors (Lipinski definition) is 2. The van der Waals surface area contributed by atoms with Crippen molar-refractivity contribution < 1.29 is 0 Å². The zero-order valence-electron chi connectivity index (χ0n) is 11.4. The second kappa shape index (κ2) is 4.78.